The number of carbonyl (C=O) groups is 1. The van der Waals surface area contributed by atoms with E-state index in [9.17, 15) is 9.59 Å². The van der Waals surface area contributed by atoms with E-state index in [0.29, 0.717) is 33.7 Å². The summed E-state index contributed by atoms with van der Waals surface area (Å²) in [5, 5.41) is 3.96. The number of aryl methyl sites for hydroxylation is 1. The van der Waals surface area contributed by atoms with Gasteiger partial charge in [-0.1, -0.05) is 18.2 Å². The van der Waals surface area contributed by atoms with E-state index in [-0.39, 0.29) is 18.3 Å². The highest BCUT2D eigenvalue weighted by molar-refractivity contribution is 7.15. The monoisotopic (exact) mass is 496 g/mol. The van der Waals surface area contributed by atoms with Crippen molar-refractivity contribution in [1.82, 2.24) is 14.5 Å². The van der Waals surface area contributed by atoms with Crippen LogP contribution in [0.1, 0.15) is 26.5 Å². The molecule has 1 aliphatic rings. The van der Waals surface area contributed by atoms with E-state index in [4.69, 9.17) is 9.47 Å². The third kappa shape index (κ3) is 4.09. The van der Waals surface area contributed by atoms with Crippen molar-refractivity contribution in [3.05, 3.63) is 105 Å². The Morgan fingerprint density at radius 3 is 2.72 bits per heavy atom. The fourth-order valence-corrected chi connectivity index (χ4v) is 5.07. The molecule has 1 aliphatic heterocycles. The van der Waals surface area contributed by atoms with Gasteiger partial charge in [0.2, 0.25) is 6.79 Å². The molecule has 6 rings (SSSR count). The molecule has 0 fully saturated rings. The third-order valence-corrected chi connectivity index (χ3v) is 7.06. The highest BCUT2D eigenvalue weighted by Gasteiger charge is 2.16. The van der Waals surface area contributed by atoms with Gasteiger partial charge in [-0.2, -0.15) is 0 Å². The van der Waals surface area contributed by atoms with Crippen LogP contribution in [0, 0.1) is 6.92 Å². The average Bonchev–Trinajstić information content (AvgIpc) is 3.50. The number of ether oxygens (including phenoxy) is 2. The first-order chi connectivity index (χ1) is 17.5. The zero-order valence-corrected chi connectivity index (χ0v) is 20.0. The molecule has 0 saturated heterocycles. The maximum Gasteiger partial charge on any atom is 0.265 e. The quantitative estimate of drug-likeness (QED) is 0.378. The number of hydrogen-bond donors (Lipinski definition) is 1. The van der Waals surface area contributed by atoms with Gasteiger partial charge in [-0.25, -0.2) is 9.97 Å². The first-order valence-corrected chi connectivity index (χ1v) is 12.1. The largest absolute Gasteiger partial charge is 0.454 e. The van der Waals surface area contributed by atoms with Crippen molar-refractivity contribution in [3.8, 4) is 17.2 Å². The fraction of sp³-hybridized carbons (Fsp3) is 0.111. The lowest BCUT2D eigenvalue weighted by atomic mass is 10.1. The standard InChI is InChI=1S/C27H20N4O4S/c1-16-24(13-17-6-11-22-23(12-17)35-15-34-22)36-27(29-16)30-25(32)18-7-9-19(10-8-18)31-14-28-21-5-3-2-4-20(21)26(31)33/h2-12,14H,13,15H2,1H3,(H,29,30,32). The van der Waals surface area contributed by atoms with E-state index >= 15 is 0 Å². The minimum absolute atomic E-state index is 0.161. The maximum atomic E-state index is 12.9. The third-order valence-electron chi connectivity index (χ3n) is 5.99. The van der Waals surface area contributed by atoms with Crippen molar-refractivity contribution in [1.29, 1.82) is 0 Å². The van der Waals surface area contributed by atoms with Crippen LogP contribution in [0.25, 0.3) is 16.6 Å². The molecule has 178 valence electrons. The summed E-state index contributed by atoms with van der Waals surface area (Å²) in [5.41, 5.74) is 3.53. The molecular weight excluding hydrogens is 476 g/mol. The number of nitrogens with one attached hydrogen (secondary N) is 1. The molecule has 0 atom stereocenters. The maximum absolute atomic E-state index is 12.9. The van der Waals surface area contributed by atoms with E-state index < -0.39 is 0 Å². The number of carbonyl (C=O) groups excluding carboxylic acids is 1. The van der Waals surface area contributed by atoms with Crippen LogP contribution >= 0.6 is 11.3 Å². The van der Waals surface area contributed by atoms with Gasteiger partial charge in [0.1, 0.15) is 6.33 Å². The molecule has 9 heteroatoms. The molecule has 0 radical (unpaired) electrons. The molecular formula is C27H20N4O4S. The number of rotatable bonds is 5. The van der Waals surface area contributed by atoms with Gasteiger partial charge < -0.3 is 9.47 Å². The topological polar surface area (TPSA) is 95.3 Å². The Kier molecular flexibility index (Phi) is 5.46. The van der Waals surface area contributed by atoms with Gasteiger partial charge in [-0.3, -0.25) is 19.5 Å². The summed E-state index contributed by atoms with van der Waals surface area (Å²) in [4.78, 5) is 35.6. The summed E-state index contributed by atoms with van der Waals surface area (Å²) in [6.07, 6.45) is 2.18. The predicted octanol–water partition coefficient (Wildman–Crippen LogP) is 4.72. The van der Waals surface area contributed by atoms with Gasteiger partial charge in [-0.05, 0) is 61.0 Å². The molecule has 1 amide bonds. The smallest absolute Gasteiger partial charge is 0.265 e. The van der Waals surface area contributed by atoms with Crippen molar-refractivity contribution in [2.45, 2.75) is 13.3 Å². The van der Waals surface area contributed by atoms with Gasteiger partial charge in [-0.15, -0.1) is 11.3 Å². The number of nitrogens with zero attached hydrogens (tertiary/aromatic N) is 3. The Balaban J connectivity index is 1.17. The summed E-state index contributed by atoms with van der Waals surface area (Å²) in [5.74, 6) is 1.22. The van der Waals surface area contributed by atoms with Crippen LogP contribution in [0.4, 0.5) is 5.13 Å². The van der Waals surface area contributed by atoms with Gasteiger partial charge in [0.15, 0.2) is 16.6 Å². The number of anilines is 1. The Hall–Kier alpha value is -4.50. The zero-order valence-electron chi connectivity index (χ0n) is 19.2. The molecule has 3 aromatic carbocycles. The second-order valence-corrected chi connectivity index (χ2v) is 9.41. The summed E-state index contributed by atoms with van der Waals surface area (Å²) in [7, 11) is 0. The van der Waals surface area contributed by atoms with Crippen LogP contribution in [0.15, 0.2) is 77.9 Å². The van der Waals surface area contributed by atoms with Crippen LogP contribution in [0.5, 0.6) is 11.5 Å². The molecule has 8 nitrogen and oxygen atoms in total. The molecule has 5 aromatic rings. The van der Waals surface area contributed by atoms with E-state index in [1.165, 1.54) is 22.2 Å². The Labute approximate surface area is 209 Å². The number of benzene rings is 3. The van der Waals surface area contributed by atoms with Gasteiger partial charge in [0.05, 0.1) is 22.3 Å². The van der Waals surface area contributed by atoms with Gasteiger partial charge in [0.25, 0.3) is 11.5 Å². The van der Waals surface area contributed by atoms with Crippen molar-refractivity contribution >= 4 is 33.3 Å². The Morgan fingerprint density at radius 2 is 1.86 bits per heavy atom. The van der Waals surface area contributed by atoms with E-state index in [0.717, 1.165) is 27.6 Å². The summed E-state index contributed by atoms with van der Waals surface area (Å²) in [6.45, 7) is 2.17. The fourth-order valence-electron chi connectivity index (χ4n) is 4.08. The molecule has 0 aliphatic carbocycles. The molecule has 0 spiro atoms. The lowest BCUT2D eigenvalue weighted by Crippen LogP contribution is -2.19. The lowest BCUT2D eigenvalue weighted by Gasteiger charge is -2.08. The molecule has 2 aromatic heterocycles. The van der Waals surface area contributed by atoms with E-state index in [1.54, 1.807) is 36.4 Å². The number of para-hydroxylation sites is 1. The number of amides is 1. The van der Waals surface area contributed by atoms with E-state index in [1.807, 2.05) is 37.3 Å². The van der Waals surface area contributed by atoms with Gasteiger partial charge >= 0.3 is 0 Å². The predicted molar refractivity (Wildman–Crippen MR) is 138 cm³/mol. The van der Waals surface area contributed by atoms with Crippen molar-refractivity contribution < 1.29 is 14.3 Å². The molecule has 0 unspecified atom stereocenters. The van der Waals surface area contributed by atoms with Crippen LogP contribution in [0.2, 0.25) is 0 Å². The first-order valence-electron chi connectivity index (χ1n) is 11.3. The second kappa shape index (κ2) is 8.94. The Morgan fingerprint density at radius 1 is 1.06 bits per heavy atom. The second-order valence-electron chi connectivity index (χ2n) is 8.33. The first kappa shape index (κ1) is 22.0. The highest BCUT2D eigenvalue weighted by atomic mass is 32.1. The average molecular weight is 497 g/mol. The number of hydrogen-bond acceptors (Lipinski definition) is 7. The number of thiazole rings is 1. The van der Waals surface area contributed by atoms with Crippen LogP contribution in [0.3, 0.4) is 0 Å². The van der Waals surface area contributed by atoms with Crippen LogP contribution in [-0.4, -0.2) is 27.2 Å². The Bertz CT molecular complexity index is 1670. The van der Waals surface area contributed by atoms with Crippen molar-refractivity contribution in [3.63, 3.8) is 0 Å². The molecule has 36 heavy (non-hydrogen) atoms. The lowest BCUT2D eigenvalue weighted by molar-refractivity contribution is 0.102. The summed E-state index contributed by atoms with van der Waals surface area (Å²) < 4.78 is 12.3. The number of fused-ring (bicyclic) bond motifs is 2. The molecule has 3 heterocycles. The highest BCUT2D eigenvalue weighted by Crippen LogP contribution is 2.34. The van der Waals surface area contributed by atoms with E-state index in [2.05, 4.69) is 15.3 Å². The summed E-state index contributed by atoms with van der Waals surface area (Å²) in [6, 6.07) is 19.9. The minimum Gasteiger partial charge on any atom is -0.454 e. The molecule has 1 N–H and O–H groups in total. The van der Waals surface area contributed by atoms with Gasteiger partial charge in [0, 0.05) is 16.9 Å². The molecule has 0 saturated carbocycles. The summed E-state index contributed by atoms with van der Waals surface area (Å²) >= 11 is 1.44. The van der Waals surface area contributed by atoms with Crippen LogP contribution < -0.4 is 20.3 Å². The number of aromatic nitrogens is 3. The normalized spacial score (nSPS) is 12.1. The minimum atomic E-state index is -0.270. The van der Waals surface area contributed by atoms with Crippen molar-refractivity contribution in [2.75, 3.05) is 12.1 Å². The molecule has 0 bridgehead atoms. The SMILES string of the molecule is Cc1nc(NC(=O)c2ccc(-n3cnc4ccccc4c3=O)cc2)sc1Cc1ccc2c(c1)OCO2. The van der Waals surface area contributed by atoms with Crippen LogP contribution in [-0.2, 0) is 6.42 Å². The zero-order chi connectivity index (χ0) is 24.6. The van der Waals surface area contributed by atoms with Crippen molar-refractivity contribution in [2.24, 2.45) is 0 Å².